The Hall–Kier alpha value is -3.45. The van der Waals surface area contributed by atoms with Crippen molar-refractivity contribution >= 4 is 27.9 Å². The molecule has 1 N–H and O–H groups in total. The van der Waals surface area contributed by atoms with Crippen LogP contribution in [0.4, 0.5) is 5.69 Å². The highest BCUT2D eigenvalue weighted by Gasteiger charge is 2.12. The van der Waals surface area contributed by atoms with Crippen LogP contribution in [0.2, 0.25) is 0 Å². The fraction of sp³-hybridized carbons (Fsp3) is 0.136. The van der Waals surface area contributed by atoms with E-state index in [1.54, 1.807) is 18.3 Å². The van der Waals surface area contributed by atoms with Crippen LogP contribution in [0.5, 0.6) is 5.75 Å². The van der Waals surface area contributed by atoms with Gasteiger partial charge in [-0.3, -0.25) is 14.0 Å². The summed E-state index contributed by atoms with van der Waals surface area (Å²) < 4.78 is 7.41. The molecule has 0 atom stereocenters. The summed E-state index contributed by atoms with van der Waals surface area (Å²) in [5.74, 6) is 0.314. The van der Waals surface area contributed by atoms with Crippen LogP contribution in [0.3, 0.4) is 0 Å². The maximum Gasteiger partial charge on any atom is 0.258 e. The molecular weight excluding hydrogens is 386 g/mol. The highest BCUT2D eigenvalue weighted by atomic mass is 32.1. The topological polar surface area (TPSA) is 72.7 Å². The highest BCUT2D eigenvalue weighted by Crippen LogP contribution is 2.27. The van der Waals surface area contributed by atoms with Crippen LogP contribution < -0.4 is 15.6 Å². The lowest BCUT2D eigenvalue weighted by atomic mass is 10.1. The first kappa shape index (κ1) is 18.9. The van der Waals surface area contributed by atoms with Crippen molar-refractivity contribution < 1.29 is 9.53 Å². The van der Waals surface area contributed by atoms with Gasteiger partial charge in [-0.25, -0.2) is 4.98 Å². The standard InChI is InChI=1S/C22H19N3O3S/c1-14-3-6-16(7-4-14)21(27)24-18-8-5-15(2)11-19(18)28-13-17-12-20(26)25-9-10-29-22(25)23-17/h3-12H,13H2,1-2H3,(H,24,27). The number of nitrogens with zero attached hydrogens (tertiary/aromatic N) is 2. The summed E-state index contributed by atoms with van der Waals surface area (Å²) in [6.45, 7) is 4.04. The van der Waals surface area contributed by atoms with Gasteiger partial charge in [0, 0.05) is 23.2 Å². The lowest BCUT2D eigenvalue weighted by molar-refractivity contribution is 0.102. The monoisotopic (exact) mass is 405 g/mol. The Bertz CT molecular complexity index is 1240. The first-order chi connectivity index (χ1) is 14.0. The smallest absolute Gasteiger partial charge is 0.258 e. The van der Waals surface area contributed by atoms with E-state index in [9.17, 15) is 9.59 Å². The average Bonchev–Trinajstić information content (AvgIpc) is 3.18. The van der Waals surface area contributed by atoms with Crippen molar-refractivity contribution in [3.63, 3.8) is 0 Å². The van der Waals surface area contributed by atoms with E-state index in [1.807, 2.05) is 49.6 Å². The van der Waals surface area contributed by atoms with E-state index in [1.165, 1.54) is 21.8 Å². The molecule has 0 unspecified atom stereocenters. The number of aryl methyl sites for hydroxylation is 2. The second-order valence-corrected chi connectivity index (χ2v) is 7.62. The maximum atomic E-state index is 12.6. The lowest BCUT2D eigenvalue weighted by Gasteiger charge is -2.13. The Morgan fingerprint density at radius 2 is 1.86 bits per heavy atom. The second-order valence-electron chi connectivity index (χ2n) is 6.75. The van der Waals surface area contributed by atoms with E-state index in [2.05, 4.69) is 10.3 Å². The zero-order valence-corrected chi connectivity index (χ0v) is 16.8. The Kier molecular flexibility index (Phi) is 5.14. The quantitative estimate of drug-likeness (QED) is 0.540. The van der Waals surface area contributed by atoms with E-state index in [-0.39, 0.29) is 18.1 Å². The minimum atomic E-state index is -0.213. The molecular formula is C22H19N3O3S. The Labute approximate surface area is 171 Å². The van der Waals surface area contributed by atoms with Crippen molar-refractivity contribution in [3.05, 3.63) is 92.8 Å². The molecule has 7 heteroatoms. The van der Waals surface area contributed by atoms with Crippen molar-refractivity contribution in [3.8, 4) is 5.75 Å². The molecule has 1 amide bonds. The number of ether oxygens (including phenoxy) is 1. The molecule has 2 aromatic heterocycles. The lowest BCUT2D eigenvalue weighted by Crippen LogP contribution is -2.15. The number of aromatic nitrogens is 2. The number of anilines is 1. The van der Waals surface area contributed by atoms with Crippen molar-refractivity contribution in [2.24, 2.45) is 0 Å². The number of hydrogen-bond donors (Lipinski definition) is 1. The molecule has 6 nitrogen and oxygen atoms in total. The van der Waals surface area contributed by atoms with Gasteiger partial charge in [0.05, 0.1) is 11.4 Å². The van der Waals surface area contributed by atoms with Crippen LogP contribution in [0.25, 0.3) is 4.96 Å². The Morgan fingerprint density at radius 1 is 1.10 bits per heavy atom. The predicted octanol–water partition coefficient (Wildman–Crippen LogP) is 4.20. The molecule has 0 saturated carbocycles. The molecule has 29 heavy (non-hydrogen) atoms. The third-order valence-corrected chi connectivity index (χ3v) is 5.19. The molecule has 146 valence electrons. The van der Waals surface area contributed by atoms with Gasteiger partial charge >= 0.3 is 0 Å². The predicted molar refractivity (Wildman–Crippen MR) is 114 cm³/mol. The molecule has 0 aliphatic heterocycles. The third kappa shape index (κ3) is 4.20. The van der Waals surface area contributed by atoms with Gasteiger partial charge in [-0.2, -0.15) is 0 Å². The number of nitrogens with one attached hydrogen (secondary N) is 1. The van der Waals surface area contributed by atoms with Crippen molar-refractivity contribution in [1.29, 1.82) is 0 Å². The van der Waals surface area contributed by atoms with Gasteiger partial charge in [0.1, 0.15) is 12.4 Å². The van der Waals surface area contributed by atoms with Crippen molar-refractivity contribution in [2.75, 3.05) is 5.32 Å². The van der Waals surface area contributed by atoms with Gasteiger partial charge in [0.15, 0.2) is 4.96 Å². The number of carbonyl (C=O) groups excluding carboxylic acids is 1. The number of rotatable bonds is 5. The normalized spacial score (nSPS) is 10.8. The second kappa shape index (κ2) is 7.89. The van der Waals surface area contributed by atoms with Crippen molar-refractivity contribution in [1.82, 2.24) is 9.38 Å². The molecule has 0 saturated heterocycles. The van der Waals surface area contributed by atoms with Gasteiger partial charge in [-0.05, 0) is 43.7 Å². The molecule has 0 radical (unpaired) electrons. The van der Waals surface area contributed by atoms with E-state index >= 15 is 0 Å². The molecule has 0 fully saturated rings. The third-order valence-electron chi connectivity index (χ3n) is 4.43. The van der Waals surface area contributed by atoms with Gasteiger partial charge in [0.2, 0.25) is 0 Å². The zero-order chi connectivity index (χ0) is 20.4. The van der Waals surface area contributed by atoms with Crippen LogP contribution in [0.15, 0.2) is 64.9 Å². The van der Waals surface area contributed by atoms with Gasteiger partial charge < -0.3 is 10.1 Å². The number of carbonyl (C=O) groups is 1. The van der Waals surface area contributed by atoms with Gasteiger partial charge in [-0.1, -0.05) is 23.8 Å². The Balaban J connectivity index is 1.55. The van der Waals surface area contributed by atoms with Gasteiger partial charge in [0.25, 0.3) is 11.5 Å². The highest BCUT2D eigenvalue weighted by molar-refractivity contribution is 7.15. The summed E-state index contributed by atoms with van der Waals surface area (Å²) in [6, 6.07) is 14.4. The molecule has 4 rings (SSSR count). The van der Waals surface area contributed by atoms with E-state index in [0.29, 0.717) is 27.7 Å². The van der Waals surface area contributed by atoms with Crippen LogP contribution in [-0.4, -0.2) is 15.3 Å². The number of amides is 1. The van der Waals surface area contributed by atoms with Gasteiger partial charge in [-0.15, -0.1) is 11.3 Å². The van der Waals surface area contributed by atoms with Crippen LogP contribution in [0.1, 0.15) is 27.2 Å². The Morgan fingerprint density at radius 3 is 2.66 bits per heavy atom. The number of benzene rings is 2. The average molecular weight is 405 g/mol. The summed E-state index contributed by atoms with van der Waals surface area (Å²) in [6.07, 6.45) is 1.69. The number of hydrogen-bond acceptors (Lipinski definition) is 5. The molecule has 0 aliphatic rings. The molecule has 4 aromatic rings. The molecule has 2 aromatic carbocycles. The molecule has 0 spiro atoms. The number of fused-ring (bicyclic) bond motifs is 1. The van der Waals surface area contributed by atoms with E-state index in [0.717, 1.165) is 11.1 Å². The minimum Gasteiger partial charge on any atom is -0.485 e. The first-order valence-corrected chi connectivity index (χ1v) is 9.95. The summed E-state index contributed by atoms with van der Waals surface area (Å²) in [5, 5.41) is 4.71. The summed E-state index contributed by atoms with van der Waals surface area (Å²) in [7, 11) is 0. The van der Waals surface area contributed by atoms with Crippen LogP contribution in [0, 0.1) is 13.8 Å². The fourth-order valence-corrected chi connectivity index (χ4v) is 3.60. The molecule has 0 aliphatic carbocycles. The first-order valence-electron chi connectivity index (χ1n) is 9.07. The number of thiazole rings is 1. The van der Waals surface area contributed by atoms with Crippen LogP contribution in [-0.2, 0) is 6.61 Å². The summed E-state index contributed by atoms with van der Waals surface area (Å²) in [5.41, 5.74) is 3.61. The van der Waals surface area contributed by atoms with E-state index in [4.69, 9.17) is 4.74 Å². The van der Waals surface area contributed by atoms with E-state index < -0.39 is 0 Å². The zero-order valence-electron chi connectivity index (χ0n) is 16.0. The maximum absolute atomic E-state index is 12.6. The summed E-state index contributed by atoms with van der Waals surface area (Å²) >= 11 is 1.39. The largest absolute Gasteiger partial charge is 0.485 e. The SMILES string of the molecule is Cc1ccc(C(=O)Nc2ccc(C)cc2OCc2cc(=O)n3ccsc3n2)cc1. The van der Waals surface area contributed by atoms with Crippen molar-refractivity contribution in [2.45, 2.75) is 20.5 Å². The summed E-state index contributed by atoms with van der Waals surface area (Å²) in [4.78, 5) is 29.8. The molecule has 2 heterocycles. The molecule has 0 bridgehead atoms. The fourth-order valence-electron chi connectivity index (χ4n) is 2.87. The van der Waals surface area contributed by atoms with Crippen LogP contribution >= 0.6 is 11.3 Å². The minimum absolute atomic E-state index is 0.125.